The van der Waals surface area contributed by atoms with Gasteiger partial charge in [0.15, 0.2) is 0 Å². The van der Waals surface area contributed by atoms with Crippen molar-refractivity contribution in [2.75, 3.05) is 25.1 Å². The quantitative estimate of drug-likeness (QED) is 0.635. The number of rotatable bonds is 3. The maximum absolute atomic E-state index is 13.7. The molecule has 0 aromatic heterocycles. The number of benzene rings is 1. The van der Waals surface area contributed by atoms with E-state index in [1.165, 1.54) is 6.07 Å². The SMILES string of the molecule is COC1CCN(c2cccc(F)c2C(=N)N)CC1. The van der Waals surface area contributed by atoms with Gasteiger partial charge in [0.2, 0.25) is 0 Å². The molecular formula is C13H18FN3O. The Labute approximate surface area is 106 Å². The smallest absolute Gasteiger partial charge is 0.136 e. The third-order valence-electron chi connectivity index (χ3n) is 3.38. The van der Waals surface area contributed by atoms with Crippen molar-refractivity contribution in [2.45, 2.75) is 18.9 Å². The van der Waals surface area contributed by atoms with Gasteiger partial charge in [0.1, 0.15) is 11.7 Å². The topological polar surface area (TPSA) is 62.3 Å². The van der Waals surface area contributed by atoms with Crippen molar-refractivity contribution in [1.82, 2.24) is 0 Å². The highest BCUT2D eigenvalue weighted by Crippen LogP contribution is 2.26. The largest absolute Gasteiger partial charge is 0.384 e. The zero-order valence-corrected chi connectivity index (χ0v) is 10.4. The predicted octanol–water partition coefficient (Wildman–Crippen LogP) is 1.72. The summed E-state index contributed by atoms with van der Waals surface area (Å²) in [5.74, 6) is -0.661. The molecule has 1 aliphatic heterocycles. The van der Waals surface area contributed by atoms with Crippen LogP contribution in [0.5, 0.6) is 0 Å². The summed E-state index contributed by atoms with van der Waals surface area (Å²) in [6, 6.07) is 4.80. The third-order valence-corrected chi connectivity index (χ3v) is 3.38. The fourth-order valence-corrected chi connectivity index (χ4v) is 2.38. The van der Waals surface area contributed by atoms with Crippen LogP contribution in [0.4, 0.5) is 10.1 Å². The van der Waals surface area contributed by atoms with E-state index in [0.29, 0.717) is 5.69 Å². The second-order valence-corrected chi connectivity index (χ2v) is 4.47. The van der Waals surface area contributed by atoms with E-state index < -0.39 is 5.82 Å². The maximum atomic E-state index is 13.7. The lowest BCUT2D eigenvalue weighted by atomic mass is 10.0. The van der Waals surface area contributed by atoms with Crippen LogP contribution in [-0.2, 0) is 4.74 Å². The fourth-order valence-electron chi connectivity index (χ4n) is 2.38. The molecule has 0 bridgehead atoms. The monoisotopic (exact) mass is 251 g/mol. The fraction of sp³-hybridized carbons (Fsp3) is 0.462. The van der Waals surface area contributed by atoms with Gasteiger partial charge in [-0.1, -0.05) is 6.07 Å². The number of nitrogens with one attached hydrogen (secondary N) is 1. The summed E-state index contributed by atoms with van der Waals surface area (Å²) in [5, 5.41) is 7.50. The van der Waals surface area contributed by atoms with E-state index in [0.717, 1.165) is 25.9 Å². The molecule has 2 rings (SSSR count). The second kappa shape index (κ2) is 5.35. The molecule has 0 unspecified atom stereocenters. The van der Waals surface area contributed by atoms with Gasteiger partial charge in [-0.25, -0.2) is 4.39 Å². The Morgan fingerprint density at radius 2 is 2.11 bits per heavy atom. The second-order valence-electron chi connectivity index (χ2n) is 4.47. The first kappa shape index (κ1) is 12.8. The molecule has 18 heavy (non-hydrogen) atoms. The average Bonchev–Trinajstić information content (AvgIpc) is 2.38. The highest BCUT2D eigenvalue weighted by molar-refractivity contribution is 6.00. The van der Waals surface area contributed by atoms with Crippen LogP contribution in [0.2, 0.25) is 0 Å². The first-order chi connectivity index (χ1) is 8.63. The Morgan fingerprint density at radius 1 is 1.44 bits per heavy atom. The van der Waals surface area contributed by atoms with Gasteiger partial charge in [0, 0.05) is 20.2 Å². The number of nitrogens with two attached hydrogens (primary N) is 1. The van der Waals surface area contributed by atoms with Gasteiger partial charge in [0.25, 0.3) is 0 Å². The molecule has 1 heterocycles. The molecule has 1 fully saturated rings. The first-order valence-electron chi connectivity index (χ1n) is 6.04. The molecule has 5 heteroatoms. The molecule has 1 aromatic rings. The van der Waals surface area contributed by atoms with Crippen LogP contribution >= 0.6 is 0 Å². The third kappa shape index (κ3) is 2.46. The molecule has 1 aromatic carbocycles. The number of amidine groups is 1. The highest BCUT2D eigenvalue weighted by atomic mass is 19.1. The van der Waals surface area contributed by atoms with Crippen molar-refractivity contribution >= 4 is 11.5 Å². The molecule has 4 nitrogen and oxygen atoms in total. The van der Waals surface area contributed by atoms with Crippen LogP contribution in [0, 0.1) is 11.2 Å². The van der Waals surface area contributed by atoms with Crippen LogP contribution in [0.25, 0.3) is 0 Å². The molecule has 0 atom stereocenters. The Hall–Kier alpha value is -1.62. The molecule has 98 valence electrons. The van der Waals surface area contributed by atoms with Crippen LogP contribution in [0.1, 0.15) is 18.4 Å². The van der Waals surface area contributed by atoms with Crippen LogP contribution in [-0.4, -0.2) is 32.1 Å². The van der Waals surface area contributed by atoms with E-state index in [1.807, 2.05) is 6.07 Å². The molecule has 0 saturated carbocycles. The van der Waals surface area contributed by atoms with E-state index in [9.17, 15) is 4.39 Å². The van der Waals surface area contributed by atoms with Crippen LogP contribution in [0.15, 0.2) is 18.2 Å². The summed E-state index contributed by atoms with van der Waals surface area (Å²) in [4.78, 5) is 2.06. The van der Waals surface area contributed by atoms with Gasteiger partial charge in [-0.2, -0.15) is 0 Å². The van der Waals surface area contributed by atoms with Crippen molar-refractivity contribution in [3.63, 3.8) is 0 Å². The number of piperidine rings is 1. The lowest BCUT2D eigenvalue weighted by Gasteiger charge is -2.34. The van der Waals surface area contributed by atoms with Crippen LogP contribution < -0.4 is 10.6 Å². The van der Waals surface area contributed by atoms with E-state index >= 15 is 0 Å². The maximum Gasteiger partial charge on any atom is 0.136 e. The lowest BCUT2D eigenvalue weighted by molar-refractivity contribution is 0.0819. The van der Waals surface area contributed by atoms with Gasteiger partial charge in [0.05, 0.1) is 17.4 Å². The number of nitrogen functional groups attached to an aromatic ring is 1. The van der Waals surface area contributed by atoms with E-state index in [2.05, 4.69) is 4.90 Å². The number of hydrogen-bond donors (Lipinski definition) is 2. The first-order valence-corrected chi connectivity index (χ1v) is 6.04. The Balaban J connectivity index is 2.24. The summed E-state index contributed by atoms with van der Waals surface area (Å²) in [6.45, 7) is 1.59. The minimum Gasteiger partial charge on any atom is -0.384 e. The lowest BCUT2D eigenvalue weighted by Crippen LogP contribution is -2.38. The Morgan fingerprint density at radius 3 is 2.67 bits per heavy atom. The Bertz CT molecular complexity index is 442. The van der Waals surface area contributed by atoms with Crippen molar-refractivity contribution in [1.29, 1.82) is 5.41 Å². The molecule has 0 aliphatic carbocycles. The average molecular weight is 251 g/mol. The van der Waals surface area contributed by atoms with Gasteiger partial charge < -0.3 is 15.4 Å². The zero-order chi connectivity index (χ0) is 13.1. The number of nitrogens with zero attached hydrogens (tertiary/aromatic N) is 1. The molecule has 0 amide bonds. The summed E-state index contributed by atoms with van der Waals surface area (Å²) in [7, 11) is 1.71. The van der Waals surface area contributed by atoms with Gasteiger partial charge >= 0.3 is 0 Å². The van der Waals surface area contributed by atoms with Crippen molar-refractivity contribution in [3.05, 3.63) is 29.6 Å². The summed E-state index contributed by atoms with van der Waals surface area (Å²) < 4.78 is 19.0. The number of methoxy groups -OCH3 is 1. The minimum atomic E-state index is -0.436. The molecule has 1 aliphatic rings. The molecule has 0 radical (unpaired) electrons. The molecule has 3 N–H and O–H groups in total. The number of halogens is 1. The van der Waals surface area contributed by atoms with Crippen molar-refractivity contribution < 1.29 is 9.13 Å². The number of hydrogen-bond acceptors (Lipinski definition) is 3. The number of anilines is 1. The van der Waals surface area contributed by atoms with E-state index in [1.54, 1.807) is 13.2 Å². The summed E-state index contributed by atoms with van der Waals surface area (Å²) in [5.41, 5.74) is 6.38. The van der Waals surface area contributed by atoms with Crippen molar-refractivity contribution in [3.8, 4) is 0 Å². The van der Waals surface area contributed by atoms with Gasteiger partial charge in [-0.15, -0.1) is 0 Å². The zero-order valence-electron chi connectivity index (χ0n) is 10.4. The molecular weight excluding hydrogens is 233 g/mol. The van der Waals surface area contributed by atoms with E-state index in [4.69, 9.17) is 15.9 Å². The molecule has 1 saturated heterocycles. The highest BCUT2D eigenvalue weighted by Gasteiger charge is 2.22. The van der Waals surface area contributed by atoms with E-state index in [-0.39, 0.29) is 17.5 Å². The standard InChI is InChI=1S/C13H18FN3O/c1-18-9-5-7-17(8-6-9)11-4-2-3-10(14)12(11)13(15)16/h2-4,9H,5-8H2,1H3,(H3,15,16). The van der Waals surface area contributed by atoms with Gasteiger partial charge in [-0.3, -0.25) is 5.41 Å². The predicted molar refractivity (Wildman–Crippen MR) is 69.7 cm³/mol. The normalized spacial score (nSPS) is 16.9. The minimum absolute atomic E-state index is 0.202. The van der Waals surface area contributed by atoms with Gasteiger partial charge in [-0.05, 0) is 25.0 Å². The molecule has 0 spiro atoms. The number of ether oxygens (including phenoxy) is 1. The van der Waals surface area contributed by atoms with Crippen molar-refractivity contribution in [2.24, 2.45) is 5.73 Å². The summed E-state index contributed by atoms with van der Waals surface area (Å²) >= 11 is 0. The Kier molecular flexibility index (Phi) is 3.81. The summed E-state index contributed by atoms with van der Waals surface area (Å²) in [6.07, 6.45) is 2.09. The van der Waals surface area contributed by atoms with Crippen LogP contribution in [0.3, 0.4) is 0 Å².